The number of fused-ring (bicyclic) bond motifs is 1. The maximum Gasteiger partial charge on any atom is 0.264 e. The first-order chi connectivity index (χ1) is 7.24. The minimum atomic E-state index is -2.45. The predicted molar refractivity (Wildman–Crippen MR) is 58.5 cm³/mol. The lowest BCUT2D eigenvalue weighted by Crippen LogP contribution is -1.89. The van der Waals surface area contributed by atoms with Crippen molar-refractivity contribution in [1.29, 1.82) is 0 Å². The average Bonchev–Trinajstić information content (AvgIpc) is 2.27. The molecule has 0 saturated heterocycles. The minimum Gasteiger partial charge on any atom is -0.205 e. The molecule has 0 fully saturated rings. The van der Waals surface area contributed by atoms with Gasteiger partial charge in [-0.05, 0) is 16.3 Å². The van der Waals surface area contributed by atoms with Gasteiger partial charge in [-0.15, -0.1) is 11.6 Å². The summed E-state index contributed by atoms with van der Waals surface area (Å²) in [6.07, 6.45) is -2.45. The van der Waals surface area contributed by atoms with Gasteiger partial charge in [-0.2, -0.15) is 0 Å². The molecule has 2 rings (SSSR count). The van der Waals surface area contributed by atoms with E-state index in [4.69, 9.17) is 11.6 Å². The second kappa shape index (κ2) is 4.15. The van der Waals surface area contributed by atoms with E-state index in [1.807, 2.05) is 12.1 Å². The molecule has 0 radical (unpaired) electrons. The van der Waals surface area contributed by atoms with Gasteiger partial charge in [0.15, 0.2) is 0 Å². The highest BCUT2D eigenvalue weighted by atomic mass is 35.5. The Kier molecular flexibility index (Phi) is 2.87. The number of benzene rings is 2. The number of hydrogen-bond donors (Lipinski definition) is 0. The SMILES string of the molecule is FC(F)c1cccc2c(CCl)cccc12. The summed E-state index contributed by atoms with van der Waals surface area (Å²) in [6, 6.07) is 10.2. The predicted octanol–water partition coefficient (Wildman–Crippen LogP) is 4.52. The molecule has 78 valence electrons. The van der Waals surface area contributed by atoms with Crippen molar-refractivity contribution in [3.63, 3.8) is 0 Å². The Bertz CT molecular complexity index is 480. The van der Waals surface area contributed by atoms with Crippen molar-refractivity contribution in [3.05, 3.63) is 47.5 Å². The normalized spacial score (nSPS) is 11.2. The second-order valence-corrected chi connectivity index (χ2v) is 3.56. The number of alkyl halides is 3. The van der Waals surface area contributed by atoms with Crippen molar-refractivity contribution in [2.45, 2.75) is 12.3 Å². The van der Waals surface area contributed by atoms with E-state index in [2.05, 4.69) is 0 Å². The highest BCUT2D eigenvalue weighted by Gasteiger charge is 2.11. The van der Waals surface area contributed by atoms with E-state index in [1.165, 1.54) is 6.07 Å². The van der Waals surface area contributed by atoms with E-state index in [-0.39, 0.29) is 5.56 Å². The van der Waals surface area contributed by atoms with Crippen LogP contribution in [0.3, 0.4) is 0 Å². The Balaban J connectivity index is 2.76. The highest BCUT2D eigenvalue weighted by molar-refractivity contribution is 6.18. The zero-order valence-corrected chi connectivity index (χ0v) is 8.64. The van der Waals surface area contributed by atoms with Gasteiger partial charge in [0.25, 0.3) is 6.43 Å². The third kappa shape index (κ3) is 1.82. The Labute approximate surface area is 91.5 Å². The Morgan fingerprint density at radius 3 is 2.33 bits per heavy atom. The molecule has 0 aliphatic heterocycles. The summed E-state index contributed by atoms with van der Waals surface area (Å²) in [7, 11) is 0. The monoisotopic (exact) mass is 226 g/mol. The molecule has 0 aromatic heterocycles. The Morgan fingerprint density at radius 2 is 1.67 bits per heavy atom. The van der Waals surface area contributed by atoms with Gasteiger partial charge in [0.1, 0.15) is 0 Å². The van der Waals surface area contributed by atoms with Crippen LogP contribution in [0, 0.1) is 0 Å². The van der Waals surface area contributed by atoms with Gasteiger partial charge in [0.05, 0.1) is 0 Å². The molecule has 0 unspecified atom stereocenters. The lowest BCUT2D eigenvalue weighted by atomic mass is 10.0. The summed E-state index contributed by atoms with van der Waals surface area (Å²) >= 11 is 5.75. The Hall–Kier alpha value is -1.15. The number of halogens is 3. The van der Waals surface area contributed by atoms with Crippen LogP contribution in [0.25, 0.3) is 10.8 Å². The fourth-order valence-electron chi connectivity index (χ4n) is 1.71. The first kappa shape index (κ1) is 10.4. The van der Waals surface area contributed by atoms with Crippen LogP contribution in [0.15, 0.2) is 36.4 Å². The fourth-order valence-corrected chi connectivity index (χ4v) is 1.94. The highest BCUT2D eigenvalue weighted by Crippen LogP contribution is 2.29. The fraction of sp³-hybridized carbons (Fsp3) is 0.167. The molecule has 0 aliphatic rings. The van der Waals surface area contributed by atoms with Gasteiger partial charge in [0, 0.05) is 11.4 Å². The van der Waals surface area contributed by atoms with Crippen LogP contribution in [0.4, 0.5) is 8.78 Å². The largest absolute Gasteiger partial charge is 0.264 e. The molecule has 0 amide bonds. The van der Waals surface area contributed by atoms with Crippen molar-refractivity contribution in [2.24, 2.45) is 0 Å². The molecular weight excluding hydrogens is 218 g/mol. The standard InChI is InChI=1S/C12H9ClF2/c13-7-8-3-1-5-10-9(8)4-2-6-11(10)12(14)15/h1-6,12H,7H2. The van der Waals surface area contributed by atoms with Gasteiger partial charge in [-0.1, -0.05) is 36.4 Å². The van der Waals surface area contributed by atoms with Crippen LogP contribution in [-0.2, 0) is 5.88 Å². The minimum absolute atomic E-state index is 0.0690. The first-order valence-corrected chi connectivity index (χ1v) is 5.12. The van der Waals surface area contributed by atoms with Gasteiger partial charge in [-0.25, -0.2) is 8.78 Å². The Morgan fingerprint density at radius 1 is 1.00 bits per heavy atom. The van der Waals surface area contributed by atoms with Crippen LogP contribution in [0.1, 0.15) is 17.6 Å². The average molecular weight is 227 g/mol. The maximum absolute atomic E-state index is 12.7. The molecule has 2 aromatic rings. The molecule has 0 bridgehead atoms. The second-order valence-electron chi connectivity index (χ2n) is 3.29. The van der Waals surface area contributed by atoms with Crippen LogP contribution in [0.2, 0.25) is 0 Å². The van der Waals surface area contributed by atoms with Gasteiger partial charge >= 0.3 is 0 Å². The molecule has 0 aliphatic carbocycles. The number of rotatable bonds is 2. The zero-order chi connectivity index (χ0) is 10.8. The quantitative estimate of drug-likeness (QED) is 0.661. The van der Waals surface area contributed by atoms with E-state index in [9.17, 15) is 8.78 Å². The van der Waals surface area contributed by atoms with Gasteiger partial charge < -0.3 is 0 Å². The topological polar surface area (TPSA) is 0 Å². The zero-order valence-electron chi connectivity index (χ0n) is 7.88. The van der Waals surface area contributed by atoms with E-state index >= 15 is 0 Å². The summed E-state index contributed by atoms with van der Waals surface area (Å²) in [5.74, 6) is 0.337. The summed E-state index contributed by atoms with van der Waals surface area (Å²) in [5, 5.41) is 1.40. The van der Waals surface area contributed by atoms with E-state index < -0.39 is 6.43 Å². The van der Waals surface area contributed by atoms with Crippen molar-refractivity contribution in [2.75, 3.05) is 0 Å². The summed E-state index contributed by atoms with van der Waals surface area (Å²) in [5.41, 5.74) is 0.955. The molecule has 0 nitrogen and oxygen atoms in total. The van der Waals surface area contributed by atoms with Crippen molar-refractivity contribution < 1.29 is 8.78 Å². The molecule has 0 atom stereocenters. The lowest BCUT2D eigenvalue weighted by Gasteiger charge is -2.07. The third-order valence-corrected chi connectivity index (χ3v) is 2.71. The summed E-state index contributed by atoms with van der Waals surface area (Å²) in [6.45, 7) is 0. The first-order valence-electron chi connectivity index (χ1n) is 4.58. The van der Waals surface area contributed by atoms with Crippen LogP contribution in [-0.4, -0.2) is 0 Å². The van der Waals surface area contributed by atoms with Crippen molar-refractivity contribution >= 4 is 22.4 Å². The molecule has 0 N–H and O–H groups in total. The van der Waals surface area contributed by atoms with E-state index in [1.54, 1.807) is 18.2 Å². The van der Waals surface area contributed by atoms with Crippen LogP contribution in [0.5, 0.6) is 0 Å². The summed E-state index contributed by atoms with van der Waals surface area (Å²) < 4.78 is 25.4. The smallest absolute Gasteiger partial charge is 0.205 e. The third-order valence-electron chi connectivity index (χ3n) is 2.43. The maximum atomic E-state index is 12.7. The molecule has 15 heavy (non-hydrogen) atoms. The van der Waals surface area contributed by atoms with Gasteiger partial charge in [0.2, 0.25) is 0 Å². The van der Waals surface area contributed by atoms with Crippen molar-refractivity contribution in [1.82, 2.24) is 0 Å². The van der Waals surface area contributed by atoms with E-state index in [0.29, 0.717) is 11.3 Å². The van der Waals surface area contributed by atoms with Crippen LogP contribution >= 0.6 is 11.6 Å². The van der Waals surface area contributed by atoms with Crippen molar-refractivity contribution in [3.8, 4) is 0 Å². The molecular formula is C12H9ClF2. The molecule has 0 heterocycles. The lowest BCUT2D eigenvalue weighted by molar-refractivity contribution is 0.153. The molecule has 3 heteroatoms. The molecule has 0 saturated carbocycles. The molecule has 0 spiro atoms. The van der Waals surface area contributed by atoms with Gasteiger partial charge in [-0.3, -0.25) is 0 Å². The van der Waals surface area contributed by atoms with E-state index in [0.717, 1.165) is 10.9 Å². The molecule has 2 aromatic carbocycles. The number of hydrogen-bond acceptors (Lipinski definition) is 0. The summed E-state index contributed by atoms with van der Waals surface area (Å²) in [4.78, 5) is 0. The van der Waals surface area contributed by atoms with Crippen LogP contribution < -0.4 is 0 Å².